The maximum atomic E-state index is 13.9. The van der Waals surface area contributed by atoms with Crippen LogP contribution in [-0.4, -0.2) is 19.0 Å². The van der Waals surface area contributed by atoms with Gasteiger partial charge in [-0.3, -0.25) is 0 Å². The number of ether oxygens (including phenoxy) is 2. The minimum absolute atomic E-state index is 0.415. The molecule has 3 nitrogen and oxygen atoms in total. The van der Waals surface area contributed by atoms with Gasteiger partial charge in [-0.2, -0.15) is 0 Å². The number of methoxy groups -OCH3 is 1. The summed E-state index contributed by atoms with van der Waals surface area (Å²) in [6.45, 7) is 2.83. The molecule has 0 heterocycles. The van der Waals surface area contributed by atoms with Crippen LogP contribution in [0.25, 0.3) is 0 Å². The molecule has 0 radical (unpaired) electrons. The van der Waals surface area contributed by atoms with Gasteiger partial charge in [-0.25, -0.2) is 13.6 Å². The van der Waals surface area contributed by atoms with Crippen LogP contribution in [0.5, 0.6) is 11.5 Å². The zero-order valence-corrected chi connectivity index (χ0v) is 14.4. The molecule has 0 atom stereocenters. The van der Waals surface area contributed by atoms with Crippen molar-refractivity contribution in [3.8, 4) is 11.5 Å². The Balaban J connectivity index is 1.79. The number of esters is 1. The average molecular weight is 346 g/mol. The molecular weight excluding hydrogens is 326 g/mol. The Kier molecular flexibility index (Phi) is 4.27. The molecule has 2 aromatic carbocycles. The fraction of sp³-hybridized carbons (Fsp3) is 0.350. The van der Waals surface area contributed by atoms with Gasteiger partial charge in [-0.15, -0.1) is 0 Å². The molecule has 132 valence electrons. The van der Waals surface area contributed by atoms with Gasteiger partial charge in [-0.1, -0.05) is 12.1 Å². The van der Waals surface area contributed by atoms with E-state index in [4.69, 9.17) is 4.74 Å². The Bertz CT molecular complexity index is 788. The number of rotatable bonds is 5. The molecule has 1 fully saturated rings. The van der Waals surface area contributed by atoms with Gasteiger partial charge in [0.1, 0.15) is 11.5 Å². The maximum Gasteiger partial charge on any atom is 0.337 e. The number of benzene rings is 2. The maximum absolute atomic E-state index is 13.9. The monoisotopic (exact) mass is 346 g/mol. The van der Waals surface area contributed by atoms with Gasteiger partial charge < -0.3 is 9.47 Å². The summed E-state index contributed by atoms with van der Waals surface area (Å²) >= 11 is 0. The molecule has 0 saturated heterocycles. The van der Waals surface area contributed by atoms with Crippen LogP contribution in [0.3, 0.4) is 0 Å². The number of halogens is 2. The van der Waals surface area contributed by atoms with Gasteiger partial charge in [0.15, 0.2) is 0 Å². The fourth-order valence-corrected chi connectivity index (χ4v) is 3.07. The number of alkyl halides is 2. The summed E-state index contributed by atoms with van der Waals surface area (Å²) in [5, 5.41) is 0. The predicted octanol–water partition coefficient (Wildman–Crippen LogP) is 5.26. The summed E-state index contributed by atoms with van der Waals surface area (Å²) in [5.41, 5.74) is 0.858. The van der Waals surface area contributed by atoms with Crippen molar-refractivity contribution in [2.75, 3.05) is 7.11 Å². The van der Waals surface area contributed by atoms with Crippen LogP contribution in [0.15, 0.2) is 42.5 Å². The molecule has 2 aromatic rings. The first-order valence-corrected chi connectivity index (χ1v) is 8.12. The molecule has 0 bridgehead atoms. The van der Waals surface area contributed by atoms with Gasteiger partial charge >= 0.3 is 5.97 Å². The zero-order chi connectivity index (χ0) is 18.2. The number of carbonyl (C=O) groups excluding carboxylic acids is 1. The van der Waals surface area contributed by atoms with E-state index in [2.05, 4.69) is 4.74 Å². The minimum Gasteiger partial charge on any atom is -0.465 e. The van der Waals surface area contributed by atoms with E-state index in [0.29, 0.717) is 35.5 Å². The van der Waals surface area contributed by atoms with Crippen molar-refractivity contribution in [1.29, 1.82) is 0 Å². The largest absolute Gasteiger partial charge is 0.465 e. The number of hydrogen-bond donors (Lipinski definition) is 0. The van der Waals surface area contributed by atoms with Crippen molar-refractivity contribution in [3.63, 3.8) is 0 Å². The Labute approximate surface area is 145 Å². The third-order valence-corrected chi connectivity index (χ3v) is 4.82. The van der Waals surface area contributed by atoms with Crippen LogP contribution in [0.2, 0.25) is 0 Å². The van der Waals surface area contributed by atoms with E-state index >= 15 is 0 Å². The second-order valence-electron chi connectivity index (χ2n) is 6.57. The highest BCUT2D eigenvalue weighted by Gasteiger charge is 2.60. The lowest BCUT2D eigenvalue weighted by molar-refractivity contribution is -0.0200. The molecule has 3 rings (SSSR count). The first-order valence-electron chi connectivity index (χ1n) is 8.12. The van der Waals surface area contributed by atoms with Crippen LogP contribution in [-0.2, 0) is 10.2 Å². The summed E-state index contributed by atoms with van der Waals surface area (Å²) in [5.74, 6) is -1.98. The van der Waals surface area contributed by atoms with Crippen LogP contribution in [0.1, 0.15) is 41.3 Å². The SMILES string of the molecule is COC(=O)c1ccc(Oc2ccc(C3(C(C)(F)F)CC3)cc2C)cc1. The normalized spacial score (nSPS) is 15.6. The molecule has 0 aliphatic heterocycles. The molecule has 0 unspecified atom stereocenters. The highest BCUT2D eigenvalue weighted by atomic mass is 19.3. The van der Waals surface area contributed by atoms with Crippen LogP contribution < -0.4 is 4.74 Å². The molecule has 1 saturated carbocycles. The van der Waals surface area contributed by atoms with Crippen LogP contribution >= 0.6 is 0 Å². The minimum atomic E-state index is -2.73. The molecular formula is C20H20F2O3. The number of aryl methyl sites for hydroxylation is 1. The summed E-state index contributed by atoms with van der Waals surface area (Å²) in [6, 6.07) is 11.8. The average Bonchev–Trinajstić information content (AvgIpc) is 3.38. The topological polar surface area (TPSA) is 35.5 Å². The number of carbonyl (C=O) groups is 1. The first-order chi connectivity index (χ1) is 11.8. The van der Waals surface area contributed by atoms with Gasteiger partial charge in [-0.05, 0) is 61.2 Å². The lowest BCUT2D eigenvalue weighted by Gasteiger charge is -2.24. The second-order valence-corrected chi connectivity index (χ2v) is 6.57. The summed E-state index contributed by atoms with van der Waals surface area (Å²) in [7, 11) is 1.32. The zero-order valence-electron chi connectivity index (χ0n) is 14.4. The summed E-state index contributed by atoms with van der Waals surface area (Å²) < 4.78 is 38.2. The first kappa shape index (κ1) is 17.4. The Hall–Kier alpha value is -2.43. The van der Waals surface area contributed by atoms with Crippen molar-refractivity contribution in [2.45, 2.75) is 38.0 Å². The van der Waals surface area contributed by atoms with Crippen molar-refractivity contribution in [2.24, 2.45) is 0 Å². The summed E-state index contributed by atoms with van der Waals surface area (Å²) in [4.78, 5) is 11.4. The van der Waals surface area contributed by atoms with E-state index < -0.39 is 17.3 Å². The Morgan fingerprint density at radius 2 is 1.76 bits per heavy atom. The highest BCUT2D eigenvalue weighted by Crippen LogP contribution is 2.58. The summed E-state index contributed by atoms with van der Waals surface area (Å²) in [6.07, 6.45) is 1.01. The molecule has 0 aromatic heterocycles. The highest BCUT2D eigenvalue weighted by molar-refractivity contribution is 5.89. The molecule has 25 heavy (non-hydrogen) atoms. The van der Waals surface area contributed by atoms with Gasteiger partial charge in [0.25, 0.3) is 5.92 Å². The van der Waals surface area contributed by atoms with Crippen LogP contribution in [0.4, 0.5) is 8.78 Å². The standard InChI is InChI=1S/C20H20F2O3/c1-13-12-15(20(10-11-20)19(2,21)22)6-9-17(13)25-16-7-4-14(5-8-16)18(23)24-3/h4-9,12H,10-11H2,1-3H3. The second kappa shape index (κ2) is 6.14. The number of hydrogen-bond acceptors (Lipinski definition) is 3. The Morgan fingerprint density at radius 1 is 1.12 bits per heavy atom. The van der Waals surface area contributed by atoms with Crippen molar-refractivity contribution in [1.82, 2.24) is 0 Å². The molecule has 0 N–H and O–H groups in total. The molecule has 1 aliphatic rings. The van der Waals surface area contributed by atoms with Gasteiger partial charge in [0.05, 0.1) is 18.1 Å². The quantitative estimate of drug-likeness (QED) is 0.693. The lowest BCUT2D eigenvalue weighted by atomic mass is 9.89. The van der Waals surface area contributed by atoms with Gasteiger partial charge in [0, 0.05) is 6.92 Å². The smallest absolute Gasteiger partial charge is 0.337 e. The van der Waals surface area contributed by atoms with Crippen LogP contribution in [0, 0.1) is 6.92 Å². The van der Waals surface area contributed by atoms with E-state index in [1.165, 1.54) is 7.11 Å². The van der Waals surface area contributed by atoms with E-state index in [1.807, 2.05) is 6.92 Å². The van der Waals surface area contributed by atoms with E-state index in [9.17, 15) is 13.6 Å². The van der Waals surface area contributed by atoms with Crippen molar-refractivity contribution in [3.05, 3.63) is 59.2 Å². The molecule has 0 amide bonds. The molecule has 0 spiro atoms. The van der Waals surface area contributed by atoms with Gasteiger partial charge in [0.2, 0.25) is 0 Å². The van der Waals surface area contributed by atoms with Crippen molar-refractivity contribution < 1.29 is 23.0 Å². The molecule has 1 aliphatic carbocycles. The third kappa shape index (κ3) is 3.23. The third-order valence-electron chi connectivity index (χ3n) is 4.82. The fourth-order valence-electron chi connectivity index (χ4n) is 3.07. The lowest BCUT2D eigenvalue weighted by Crippen LogP contribution is -2.30. The van der Waals surface area contributed by atoms with Crippen molar-refractivity contribution >= 4 is 5.97 Å². The predicted molar refractivity (Wildman–Crippen MR) is 90.6 cm³/mol. The Morgan fingerprint density at radius 3 is 2.24 bits per heavy atom. The van der Waals surface area contributed by atoms with E-state index in [-0.39, 0.29) is 0 Å². The van der Waals surface area contributed by atoms with E-state index in [0.717, 1.165) is 12.5 Å². The van der Waals surface area contributed by atoms with E-state index in [1.54, 1.807) is 42.5 Å². The molecule has 5 heteroatoms.